The minimum absolute atomic E-state index is 0.0247. The van der Waals surface area contributed by atoms with Gasteiger partial charge < -0.3 is 20.4 Å². The molecule has 1 aliphatic rings. The molecule has 0 aromatic heterocycles. The number of aliphatic imine (C=N–C) groups is 1. The van der Waals surface area contributed by atoms with Crippen LogP contribution < -0.4 is 15.5 Å². The van der Waals surface area contributed by atoms with Gasteiger partial charge in [-0.2, -0.15) is 0 Å². The molecule has 6 heteroatoms. The van der Waals surface area contributed by atoms with Crippen LogP contribution in [-0.2, 0) is 13.0 Å². The summed E-state index contributed by atoms with van der Waals surface area (Å²) in [5.41, 5.74) is 4.28. The summed E-state index contributed by atoms with van der Waals surface area (Å²) in [5.74, 6) is 0.826. The lowest BCUT2D eigenvalue weighted by molar-refractivity contribution is 0.0827. The standard InChI is InChI=1S/C25H33N5O/c1-4-26-25(27-15-14-20-8-7-9-22(18-20)24(31)29(2)3)28-19-21-10-12-23(13-11-21)30-16-5-6-17-30/h5-13,18H,4,14-17,19H2,1-3H3,(H2,26,27,28). The van der Waals surface area contributed by atoms with E-state index < -0.39 is 0 Å². The van der Waals surface area contributed by atoms with E-state index in [1.54, 1.807) is 19.0 Å². The van der Waals surface area contributed by atoms with Gasteiger partial charge >= 0.3 is 0 Å². The van der Waals surface area contributed by atoms with Gasteiger partial charge in [0.15, 0.2) is 5.96 Å². The van der Waals surface area contributed by atoms with E-state index in [2.05, 4.69) is 64.9 Å². The van der Waals surface area contributed by atoms with Crippen molar-refractivity contribution in [2.45, 2.75) is 19.9 Å². The highest BCUT2D eigenvalue weighted by molar-refractivity contribution is 5.94. The van der Waals surface area contributed by atoms with Crippen LogP contribution in [0.3, 0.4) is 0 Å². The quantitative estimate of drug-likeness (QED) is 0.392. The molecule has 3 rings (SSSR count). The molecular formula is C25H33N5O. The third-order valence-corrected chi connectivity index (χ3v) is 5.17. The molecule has 0 atom stereocenters. The number of anilines is 1. The van der Waals surface area contributed by atoms with Gasteiger partial charge in [-0.25, -0.2) is 4.99 Å². The van der Waals surface area contributed by atoms with E-state index >= 15 is 0 Å². The highest BCUT2D eigenvalue weighted by Gasteiger charge is 2.09. The van der Waals surface area contributed by atoms with Gasteiger partial charge in [-0.05, 0) is 48.7 Å². The van der Waals surface area contributed by atoms with Crippen molar-refractivity contribution < 1.29 is 4.79 Å². The molecule has 1 heterocycles. The van der Waals surface area contributed by atoms with Gasteiger partial charge in [0.05, 0.1) is 6.54 Å². The molecule has 6 nitrogen and oxygen atoms in total. The van der Waals surface area contributed by atoms with E-state index in [0.29, 0.717) is 6.54 Å². The Balaban J connectivity index is 1.53. The highest BCUT2D eigenvalue weighted by atomic mass is 16.2. The Morgan fingerprint density at radius 1 is 1.03 bits per heavy atom. The van der Waals surface area contributed by atoms with Gasteiger partial charge in [0, 0.05) is 51.5 Å². The first-order chi connectivity index (χ1) is 15.1. The van der Waals surface area contributed by atoms with E-state index in [0.717, 1.165) is 49.7 Å². The van der Waals surface area contributed by atoms with Gasteiger partial charge in [-0.3, -0.25) is 4.79 Å². The molecule has 164 valence electrons. The molecule has 2 aromatic rings. The van der Waals surface area contributed by atoms with Gasteiger partial charge in [0.1, 0.15) is 0 Å². The molecule has 0 aliphatic carbocycles. The number of hydrogen-bond donors (Lipinski definition) is 2. The van der Waals surface area contributed by atoms with Crippen molar-refractivity contribution in [2.24, 2.45) is 4.99 Å². The third kappa shape index (κ3) is 6.60. The fourth-order valence-electron chi connectivity index (χ4n) is 3.46. The van der Waals surface area contributed by atoms with Gasteiger partial charge in [0.25, 0.3) is 5.91 Å². The predicted molar refractivity (Wildman–Crippen MR) is 129 cm³/mol. The average Bonchev–Trinajstić information content (AvgIpc) is 3.32. The van der Waals surface area contributed by atoms with Crippen LogP contribution in [0.4, 0.5) is 5.69 Å². The van der Waals surface area contributed by atoms with E-state index in [1.807, 2.05) is 18.2 Å². The summed E-state index contributed by atoms with van der Waals surface area (Å²) >= 11 is 0. The highest BCUT2D eigenvalue weighted by Crippen LogP contribution is 2.18. The lowest BCUT2D eigenvalue weighted by Crippen LogP contribution is -2.38. The second-order valence-electron chi connectivity index (χ2n) is 7.81. The maximum absolute atomic E-state index is 12.2. The second-order valence-corrected chi connectivity index (χ2v) is 7.81. The summed E-state index contributed by atoms with van der Waals surface area (Å²) in [7, 11) is 3.54. The minimum atomic E-state index is 0.0247. The molecule has 0 saturated carbocycles. The Bertz CT molecular complexity index is 910. The summed E-state index contributed by atoms with van der Waals surface area (Å²) in [6.07, 6.45) is 5.21. The predicted octanol–water partition coefficient (Wildman–Crippen LogP) is 3.06. The summed E-state index contributed by atoms with van der Waals surface area (Å²) in [4.78, 5) is 20.8. The molecule has 31 heavy (non-hydrogen) atoms. The van der Waals surface area contributed by atoms with Crippen molar-refractivity contribution >= 4 is 17.6 Å². The Morgan fingerprint density at radius 2 is 1.77 bits per heavy atom. The smallest absolute Gasteiger partial charge is 0.253 e. The van der Waals surface area contributed by atoms with Crippen LogP contribution in [0, 0.1) is 0 Å². The number of carbonyl (C=O) groups excluding carboxylic acids is 1. The molecule has 0 bridgehead atoms. The molecule has 0 unspecified atom stereocenters. The zero-order valence-electron chi connectivity index (χ0n) is 18.8. The first-order valence-electron chi connectivity index (χ1n) is 10.9. The summed E-state index contributed by atoms with van der Waals surface area (Å²) < 4.78 is 0. The Hall–Kier alpha value is -3.28. The van der Waals surface area contributed by atoms with Gasteiger partial charge in [-0.15, -0.1) is 0 Å². The number of hydrogen-bond acceptors (Lipinski definition) is 3. The molecule has 2 N–H and O–H groups in total. The second kappa shape index (κ2) is 11.2. The zero-order chi connectivity index (χ0) is 22.1. The van der Waals surface area contributed by atoms with Crippen molar-refractivity contribution in [3.8, 4) is 0 Å². The number of carbonyl (C=O) groups is 1. The lowest BCUT2D eigenvalue weighted by Gasteiger charge is -2.17. The van der Waals surface area contributed by atoms with Crippen LogP contribution in [-0.4, -0.2) is 57.0 Å². The van der Waals surface area contributed by atoms with Crippen LogP contribution in [0.1, 0.15) is 28.4 Å². The van der Waals surface area contributed by atoms with Crippen LogP contribution in [0.15, 0.2) is 65.7 Å². The van der Waals surface area contributed by atoms with E-state index in [9.17, 15) is 4.79 Å². The van der Waals surface area contributed by atoms with Gasteiger partial charge in [0.2, 0.25) is 0 Å². The number of guanidine groups is 1. The molecule has 0 radical (unpaired) electrons. The third-order valence-electron chi connectivity index (χ3n) is 5.17. The molecule has 0 spiro atoms. The van der Waals surface area contributed by atoms with Crippen LogP contribution in [0.2, 0.25) is 0 Å². The fraction of sp³-hybridized carbons (Fsp3) is 0.360. The number of nitrogens with one attached hydrogen (secondary N) is 2. The maximum atomic E-state index is 12.2. The molecule has 1 amide bonds. The lowest BCUT2D eigenvalue weighted by atomic mass is 10.1. The Labute approximate surface area is 185 Å². The van der Waals surface area contributed by atoms with E-state index in [-0.39, 0.29) is 5.91 Å². The first kappa shape index (κ1) is 22.4. The fourth-order valence-corrected chi connectivity index (χ4v) is 3.46. The van der Waals surface area contributed by atoms with Crippen LogP contribution in [0.5, 0.6) is 0 Å². The van der Waals surface area contributed by atoms with Crippen molar-refractivity contribution in [3.63, 3.8) is 0 Å². The normalized spacial score (nSPS) is 13.4. The summed E-state index contributed by atoms with van der Waals surface area (Å²) in [6, 6.07) is 16.4. The molecule has 0 fully saturated rings. The van der Waals surface area contributed by atoms with Crippen molar-refractivity contribution in [1.82, 2.24) is 15.5 Å². The van der Waals surface area contributed by atoms with Crippen molar-refractivity contribution in [3.05, 3.63) is 77.4 Å². The van der Waals surface area contributed by atoms with Crippen LogP contribution >= 0.6 is 0 Å². The maximum Gasteiger partial charge on any atom is 0.253 e. The van der Waals surface area contributed by atoms with Crippen molar-refractivity contribution in [1.29, 1.82) is 0 Å². The zero-order valence-corrected chi connectivity index (χ0v) is 18.8. The van der Waals surface area contributed by atoms with E-state index in [1.165, 1.54) is 11.3 Å². The largest absolute Gasteiger partial charge is 0.364 e. The molecule has 1 aliphatic heterocycles. The number of rotatable bonds is 8. The molecular weight excluding hydrogens is 386 g/mol. The van der Waals surface area contributed by atoms with Crippen LogP contribution in [0.25, 0.3) is 0 Å². The topological polar surface area (TPSA) is 60.0 Å². The van der Waals surface area contributed by atoms with Crippen molar-refractivity contribution in [2.75, 3.05) is 45.2 Å². The molecule has 2 aromatic carbocycles. The Kier molecular flexibility index (Phi) is 8.10. The SMILES string of the molecule is CCNC(=NCc1ccc(N2CC=CC2)cc1)NCCc1cccc(C(=O)N(C)C)c1. The van der Waals surface area contributed by atoms with E-state index in [4.69, 9.17) is 4.99 Å². The Morgan fingerprint density at radius 3 is 2.45 bits per heavy atom. The molecule has 0 saturated heterocycles. The summed E-state index contributed by atoms with van der Waals surface area (Å²) in [5, 5.41) is 6.70. The number of amides is 1. The average molecular weight is 420 g/mol. The summed E-state index contributed by atoms with van der Waals surface area (Å²) in [6.45, 7) is 6.20. The monoisotopic (exact) mass is 419 g/mol. The van der Waals surface area contributed by atoms with Gasteiger partial charge in [-0.1, -0.05) is 36.4 Å². The number of nitrogens with zero attached hydrogens (tertiary/aromatic N) is 3. The first-order valence-corrected chi connectivity index (χ1v) is 10.9. The minimum Gasteiger partial charge on any atom is -0.364 e. The number of benzene rings is 2.